The molecule has 0 radical (unpaired) electrons. The Morgan fingerprint density at radius 2 is 1.73 bits per heavy atom. The van der Waals surface area contributed by atoms with E-state index in [-0.39, 0.29) is 30.6 Å². The molecule has 0 saturated carbocycles. The second-order valence-corrected chi connectivity index (χ2v) is 6.54. The van der Waals surface area contributed by atoms with Gasteiger partial charge in [-0.1, -0.05) is 23.4 Å². The molecule has 2 amide bonds. The third kappa shape index (κ3) is 3.86. The van der Waals surface area contributed by atoms with Gasteiger partial charge in [-0.15, -0.1) is 5.10 Å². The lowest BCUT2D eigenvalue weighted by Gasteiger charge is -2.08. The standard InChI is InChI=1S/C21H19N7O2/c1-14-18(21(30)25-12-11-24-20(29)16-7-3-9-22-13-16)26-27-28(14)17-8-2-5-15-6-4-10-23-19(15)17/h2-10,13H,11-12H2,1H3,(H,24,29)(H,25,30). The van der Waals surface area contributed by atoms with Crippen LogP contribution in [-0.4, -0.2) is 49.9 Å². The highest BCUT2D eigenvalue weighted by molar-refractivity contribution is 5.95. The Labute approximate surface area is 172 Å². The average Bonchev–Trinajstić information content (AvgIpc) is 3.17. The first kappa shape index (κ1) is 19.2. The predicted octanol–water partition coefficient (Wildman–Crippen LogP) is 1.68. The van der Waals surface area contributed by atoms with Crippen LogP contribution in [-0.2, 0) is 0 Å². The number of nitrogens with one attached hydrogen (secondary N) is 2. The van der Waals surface area contributed by atoms with Gasteiger partial charge in [0.15, 0.2) is 5.69 Å². The van der Waals surface area contributed by atoms with Gasteiger partial charge in [0.1, 0.15) is 0 Å². The number of carbonyl (C=O) groups is 2. The molecule has 0 aliphatic heterocycles. The Morgan fingerprint density at radius 1 is 0.967 bits per heavy atom. The number of pyridine rings is 2. The van der Waals surface area contributed by atoms with Gasteiger partial charge in [-0.3, -0.25) is 19.6 Å². The molecule has 0 unspecified atom stereocenters. The molecule has 150 valence electrons. The van der Waals surface area contributed by atoms with Crippen molar-refractivity contribution in [1.29, 1.82) is 0 Å². The predicted molar refractivity (Wildman–Crippen MR) is 110 cm³/mol. The fraction of sp³-hybridized carbons (Fsp3) is 0.143. The first-order chi connectivity index (χ1) is 14.6. The Balaban J connectivity index is 1.41. The van der Waals surface area contributed by atoms with Crippen LogP contribution in [0.25, 0.3) is 16.6 Å². The van der Waals surface area contributed by atoms with Gasteiger partial charge < -0.3 is 10.6 Å². The number of amides is 2. The van der Waals surface area contributed by atoms with E-state index in [1.54, 1.807) is 36.1 Å². The van der Waals surface area contributed by atoms with E-state index >= 15 is 0 Å². The summed E-state index contributed by atoms with van der Waals surface area (Å²) in [4.78, 5) is 32.8. The molecular formula is C21H19N7O2. The summed E-state index contributed by atoms with van der Waals surface area (Å²) in [7, 11) is 0. The molecule has 3 aromatic heterocycles. The number of hydrogen-bond acceptors (Lipinski definition) is 6. The van der Waals surface area contributed by atoms with E-state index in [0.29, 0.717) is 11.3 Å². The second kappa shape index (κ2) is 8.48. The lowest BCUT2D eigenvalue weighted by atomic mass is 10.2. The van der Waals surface area contributed by atoms with Gasteiger partial charge >= 0.3 is 0 Å². The zero-order valence-corrected chi connectivity index (χ0v) is 16.2. The van der Waals surface area contributed by atoms with Gasteiger partial charge in [0.2, 0.25) is 0 Å². The summed E-state index contributed by atoms with van der Waals surface area (Å²) in [6.45, 7) is 2.31. The molecule has 4 aromatic rings. The van der Waals surface area contributed by atoms with E-state index in [1.165, 1.54) is 6.20 Å². The maximum atomic E-state index is 12.5. The summed E-state index contributed by atoms with van der Waals surface area (Å²) in [5, 5.41) is 14.6. The second-order valence-electron chi connectivity index (χ2n) is 6.54. The van der Waals surface area contributed by atoms with Crippen LogP contribution in [0, 0.1) is 6.92 Å². The molecule has 0 bridgehead atoms. The van der Waals surface area contributed by atoms with Crippen LogP contribution in [0.4, 0.5) is 0 Å². The highest BCUT2D eigenvalue weighted by atomic mass is 16.2. The molecule has 0 atom stereocenters. The number of rotatable bonds is 6. The van der Waals surface area contributed by atoms with Gasteiger partial charge in [0.05, 0.1) is 22.5 Å². The minimum absolute atomic E-state index is 0.224. The lowest BCUT2D eigenvalue weighted by molar-refractivity contribution is 0.0924. The smallest absolute Gasteiger partial charge is 0.273 e. The summed E-state index contributed by atoms with van der Waals surface area (Å²) in [6.07, 6.45) is 4.80. The monoisotopic (exact) mass is 401 g/mol. The minimum Gasteiger partial charge on any atom is -0.350 e. The molecule has 3 heterocycles. The van der Waals surface area contributed by atoms with Crippen molar-refractivity contribution in [1.82, 2.24) is 35.6 Å². The molecule has 4 rings (SSSR count). The highest BCUT2D eigenvalue weighted by Crippen LogP contribution is 2.21. The molecule has 2 N–H and O–H groups in total. The Bertz CT molecular complexity index is 1200. The van der Waals surface area contributed by atoms with Gasteiger partial charge in [-0.25, -0.2) is 4.68 Å². The highest BCUT2D eigenvalue weighted by Gasteiger charge is 2.18. The van der Waals surface area contributed by atoms with E-state index in [9.17, 15) is 9.59 Å². The number of para-hydroxylation sites is 1. The number of carbonyl (C=O) groups excluding carboxylic acids is 2. The molecule has 1 aromatic carbocycles. The molecule has 0 aliphatic rings. The van der Waals surface area contributed by atoms with Gasteiger partial charge in [-0.05, 0) is 31.2 Å². The van der Waals surface area contributed by atoms with E-state index in [0.717, 1.165) is 16.6 Å². The fourth-order valence-electron chi connectivity index (χ4n) is 3.06. The molecule has 30 heavy (non-hydrogen) atoms. The van der Waals surface area contributed by atoms with Crippen molar-refractivity contribution in [3.05, 3.63) is 78.0 Å². The van der Waals surface area contributed by atoms with Crippen LogP contribution in [0.15, 0.2) is 61.1 Å². The summed E-state index contributed by atoms with van der Waals surface area (Å²) < 4.78 is 1.61. The summed E-state index contributed by atoms with van der Waals surface area (Å²) in [6, 6.07) is 12.9. The van der Waals surface area contributed by atoms with Crippen LogP contribution < -0.4 is 10.6 Å². The Kier molecular flexibility index (Phi) is 5.42. The third-order valence-electron chi connectivity index (χ3n) is 4.57. The quantitative estimate of drug-likeness (QED) is 0.475. The van der Waals surface area contributed by atoms with E-state index in [4.69, 9.17) is 0 Å². The van der Waals surface area contributed by atoms with E-state index < -0.39 is 0 Å². The zero-order chi connectivity index (χ0) is 20.9. The van der Waals surface area contributed by atoms with Crippen LogP contribution in [0.5, 0.6) is 0 Å². The van der Waals surface area contributed by atoms with Crippen molar-refractivity contribution in [3.63, 3.8) is 0 Å². The molecule has 0 spiro atoms. The molecular weight excluding hydrogens is 382 g/mol. The normalized spacial score (nSPS) is 10.7. The van der Waals surface area contributed by atoms with Gasteiger partial charge in [0, 0.05) is 37.1 Å². The topological polar surface area (TPSA) is 115 Å². The first-order valence-electron chi connectivity index (χ1n) is 9.38. The molecule has 9 nitrogen and oxygen atoms in total. The van der Waals surface area contributed by atoms with Crippen molar-refractivity contribution >= 4 is 22.7 Å². The minimum atomic E-state index is -0.359. The zero-order valence-electron chi connectivity index (χ0n) is 16.2. The number of hydrogen-bond donors (Lipinski definition) is 2. The van der Waals surface area contributed by atoms with Crippen molar-refractivity contribution in [3.8, 4) is 5.69 Å². The maximum Gasteiger partial charge on any atom is 0.273 e. The van der Waals surface area contributed by atoms with Gasteiger partial charge in [0.25, 0.3) is 11.8 Å². The number of aromatic nitrogens is 5. The fourth-order valence-corrected chi connectivity index (χ4v) is 3.06. The van der Waals surface area contributed by atoms with Crippen molar-refractivity contribution in [2.45, 2.75) is 6.92 Å². The number of fused-ring (bicyclic) bond motifs is 1. The lowest BCUT2D eigenvalue weighted by Crippen LogP contribution is -2.35. The van der Waals surface area contributed by atoms with Crippen LogP contribution in [0.1, 0.15) is 26.5 Å². The average molecular weight is 401 g/mol. The largest absolute Gasteiger partial charge is 0.350 e. The molecule has 9 heteroatoms. The van der Waals surface area contributed by atoms with Crippen LogP contribution in [0.3, 0.4) is 0 Å². The van der Waals surface area contributed by atoms with E-state index in [1.807, 2.05) is 30.3 Å². The molecule has 0 aliphatic carbocycles. The Hall–Kier alpha value is -4.14. The molecule has 0 saturated heterocycles. The third-order valence-corrected chi connectivity index (χ3v) is 4.57. The molecule has 0 fully saturated rings. The number of nitrogens with zero attached hydrogens (tertiary/aromatic N) is 5. The number of benzene rings is 1. The van der Waals surface area contributed by atoms with Crippen LogP contribution in [0.2, 0.25) is 0 Å². The summed E-state index contributed by atoms with van der Waals surface area (Å²) in [5.41, 5.74) is 2.82. The Morgan fingerprint density at radius 3 is 2.53 bits per heavy atom. The van der Waals surface area contributed by atoms with Crippen molar-refractivity contribution in [2.24, 2.45) is 0 Å². The van der Waals surface area contributed by atoms with E-state index in [2.05, 4.69) is 30.9 Å². The van der Waals surface area contributed by atoms with Crippen LogP contribution >= 0.6 is 0 Å². The van der Waals surface area contributed by atoms with Crippen molar-refractivity contribution in [2.75, 3.05) is 13.1 Å². The summed E-state index contributed by atoms with van der Waals surface area (Å²) >= 11 is 0. The first-order valence-corrected chi connectivity index (χ1v) is 9.38. The van der Waals surface area contributed by atoms with Crippen molar-refractivity contribution < 1.29 is 9.59 Å². The SMILES string of the molecule is Cc1c(C(=O)NCCNC(=O)c2cccnc2)nnn1-c1cccc2cccnc12. The van der Waals surface area contributed by atoms with Gasteiger partial charge in [-0.2, -0.15) is 0 Å². The summed E-state index contributed by atoms with van der Waals surface area (Å²) in [5.74, 6) is -0.606. The maximum absolute atomic E-state index is 12.5.